The second-order valence-electron chi connectivity index (χ2n) is 4.08. The Labute approximate surface area is 121 Å². The number of nitriles is 1. The van der Waals surface area contributed by atoms with Crippen LogP contribution in [0.5, 0.6) is 5.75 Å². The van der Waals surface area contributed by atoms with E-state index < -0.39 is 5.82 Å². The Hall–Kier alpha value is -2.25. The second kappa shape index (κ2) is 6.78. The van der Waals surface area contributed by atoms with Gasteiger partial charge < -0.3 is 10.1 Å². The van der Waals surface area contributed by atoms with Crippen LogP contribution < -0.4 is 10.1 Å². The predicted octanol–water partition coefficient (Wildman–Crippen LogP) is 3.99. The van der Waals surface area contributed by atoms with Crippen LogP contribution in [-0.2, 0) is 6.54 Å². The van der Waals surface area contributed by atoms with Crippen molar-refractivity contribution in [1.82, 2.24) is 0 Å². The molecule has 3 nitrogen and oxygen atoms in total. The Morgan fingerprint density at radius 2 is 2.10 bits per heavy atom. The molecule has 0 unspecified atom stereocenters. The molecule has 0 radical (unpaired) electrons. The molecule has 2 rings (SSSR count). The fourth-order valence-corrected chi connectivity index (χ4v) is 1.78. The Kier molecular flexibility index (Phi) is 4.80. The molecule has 0 aromatic heterocycles. The molecule has 0 bridgehead atoms. The Bertz CT molecular complexity index is 640. The molecule has 0 saturated carbocycles. The maximum Gasteiger partial charge on any atom is 0.174 e. The molecule has 102 valence electrons. The van der Waals surface area contributed by atoms with Crippen molar-refractivity contribution in [3.63, 3.8) is 0 Å². The van der Waals surface area contributed by atoms with Gasteiger partial charge in [-0.25, -0.2) is 4.39 Å². The van der Waals surface area contributed by atoms with Crippen molar-refractivity contribution in [1.29, 1.82) is 5.26 Å². The SMILES string of the molecule is N#CCOc1cccc(NCc2ccc(Cl)c(F)c2)c1. The molecule has 0 aliphatic heterocycles. The summed E-state index contributed by atoms with van der Waals surface area (Å²) in [6.07, 6.45) is 0. The summed E-state index contributed by atoms with van der Waals surface area (Å²) in [7, 11) is 0. The van der Waals surface area contributed by atoms with Crippen LogP contribution in [-0.4, -0.2) is 6.61 Å². The molecule has 0 saturated heterocycles. The zero-order valence-corrected chi connectivity index (χ0v) is 11.3. The lowest BCUT2D eigenvalue weighted by Gasteiger charge is -2.09. The molecule has 0 aliphatic carbocycles. The number of ether oxygens (including phenoxy) is 1. The van der Waals surface area contributed by atoms with E-state index in [4.69, 9.17) is 21.6 Å². The zero-order chi connectivity index (χ0) is 14.4. The largest absolute Gasteiger partial charge is 0.479 e. The van der Waals surface area contributed by atoms with Gasteiger partial charge in [0, 0.05) is 18.3 Å². The van der Waals surface area contributed by atoms with Crippen LogP contribution in [0.3, 0.4) is 0 Å². The van der Waals surface area contributed by atoms with Crippen LogP contribution in [0.1, 0.15) is 5.56 Å². The van der Waals surface area contributed by atoms with Gasteiger partial charge in [-0.2, -0.15) is 5.26 Å². The molecule has 0 atom stereocenters. The summed E-state index contributed by atoms with van der Waals surface area (Å²) in [5.74, 6) is 0.177. The van der Waals surface area contributed by atoms with Crippen LogP contribution in [0.4, 0.5) is 10.1 Å². The molecule has 2 aromatic rings. The minimum atomic E-state index is -0.433. The average molecular weight is 291 g/mol. The lowest BCUT2D eigenvalue weighted by Crippen LogP contribution is -2.00. The van der Waals surface area contributed by atoms with E-state index in [0.717, 1.165) is 11.3 Å². The highest BCUT2D eigenvalue weighted by atomic mass is 35.5. The van der Waals surface area contributed by atoms with Crippen molar-refractivity contribution >= 4 is 17.3 Å². The fourth-order valence-electron chi connectivity index (χ4n) is 1.67. The maximum atomic E-state index is 13.3. The quantitative estimate of drug-likeness (QED) is 0.905. The normalized spacial score (nSPS) is 9.85. The van der Waals surface area contributed by atoms with E-state index in [0.29, 0.717) is 12.3 Å². The predicted molar refractivity (Wildman–Crippen MR) is 76.3 cm³/mol. The topological polar surface area (TPSA) is 45.0 Å². The second-order valence-corrected chi connectivity index (χ2v) is 4.48. The van der Waals surface area contributed by atoms with Gasteiger partial charge in [0.05, 0.1) is 5.02 Å². The van der Waals surface area contributed by atoms with Crippen LogP contribution in [0, 0.1) is 17.1 Å². The first-order valence-electron chi connectivity index (χ1n) is 5.96. The van der Waals surface area contributed by atoms with E-state index in [1.807, 2.05) is 18.2 Å². The maximum absolute atomic E-state index is 13.3. The number of nitrogens with zero attached hydrogens (tertiary/aromatic N) is 1. The van der Waals surface area contributed by atoms with Gasteiger partial charge in [-0.3, -0.25) is 0 Å². The average Bonchev–Trinajstić information content (AvgIpc) is 2.47. The zero-order valence-electron chi connectivity index (χ0n) is 10.6. The molecule has 0 aliphatic rings. The van der Waals surface area contributed by atoms with Crippen molar-refractivity contribution in [3.05, 3.63) is 58.9 Å². The van der Waals surface area contributed by atoms with Crippen molar-refractivity contribution in [2.24, 2.45) is 0 Å². The first-order chi connectivity index (χ1) is 9.69. The van der Waals surface area contributed by atoms with Gasteiger partial charge in [-0.05, 0) is 29.8 Å². The number of rotatable bonds is 5. The summed E-state index contributed by atoms with van der Waals surface area (Å²) in [4.78, 5) is 0. The van der Waals surface area contributed by atoms with E-state index in [1.165, 1.54) is 12.1 Å². The highest BCUT2D eigenvalue weighted by Gasteiger charge is 2.02. The van der Waals surface area contributed by atoms with E-state index in [2.05, 4.69) is 5.32 Å². The number of halogens is 2. The lowest BCUT2D eigenvalue weighted by atomic mass is 10.2. The van der Waals surface area contributed by atoms with Crippen molar-refractivity contribution in [2.45, 2.75) is 6.54 Å². The minimum Gasteiger partial charge on any atom is -0.479 e. The minimum absolute atomic E-state index is 0.00580. The monoisotopic (exact) mass is 290 g/mol. The van der Waals surface area contributed by atoms with Gasteiger partial charge in [0.25, 0.3) is 0 Å². The third-order valence-corrected chi connectivity index (χ3v) is 2.92. The van der Waals surface area contributed by atoms with Crippen LogP contribution in [0.2, 0.25) is 5.02 Å². The van der Waals surface area contributed by atoms with E-state index in [-0.39, 0.29) is 11.6 Å². The molecule has 0 spiro atoms. The third kappa shape index (κ3) is 3.87. The summed E-state index contributed by atoms with van der Waals surface area (Å²) >= 11 is 5.63. The number of benzene rings is 2. The summed E-state index contributed by atoms with van der Waals surface area (Å²) in [5, 5.41) is 11.7. The molecule has 2 aromatic carbocycles. The summed E-state index contributed by atoms with van der Waals surface area (Å²) in [6, 6.07) is 13.8. The molecular weight excluding hydrogens is 279 g/mol. The molecule has 0 heterocycles. The smallest absolute Gasteiger partial charge is 0.174 e. The molecule has 0 amide bonds. The van der Waals surface area contributed by atoms with Gasteiger partial charge >= 0.3 is 0 Å². The van der Waals surface area contributed by atoms with Gasteiger partial charge in [0.15, 0.2) is 6.61 Å². The number of anilines is 1. The number of hydrogen-bond acceptors (Lipinski definition) is 3. The first kappa shape index (κ1) is 14.2. The Morgan fingerprint density at radius 3 is 2.85 bits per heavy atom. The van der Waals surface area contributed by atoms with Crippen molar-refractivity contribution in [3.8, 4) is 11.8 Å². The summed E-state index contributed by atoms with van der Waals surface area (Å²) < 4.78 is 18.5. The number of nitrogens with one attached hydrogen (secondary N) is 1. The van der Waals surface area contributed by atoms with Gasteiger partial charge in [-0.1, -0.05) is 23.7 Å². The van der Waals surface area contributed by atoms with E-state index in [1.54, 1.807) is 18.2 Å². The third-order valence-electron chi connectivity index (χ3n) is 2.62. The fraction of sp³-hybridized carbons (Fsp3) is 0.133. The van der Waals surface area contributed by atoms with Gasteiger partial charge in [0.2, 0.25) is 0 Å². The molecule has 1 N–H and O–H groups in total. The van der Waals surface area contributed by atoms with Crippen molar-refractivity contribution in [2.75, 3.05) is 11.9 Å². The standard InChI is InChI=1S/C15H12ClFN2O/c16-14-5-4-11(8-15(14)17)10-19-12-2-1-3-13(9-12)20-7-6-18/h1-5,8-9,19H,7,10H2. The number of hydrogen-bond donors (Lipinski definition) is 1. The first-order valence-corrected chi connectivity index (χ1v) is 6.34. The van der Waals surface area contributed by atoms with E-state index in [9.17, 15) is 4.39 Å². The van der Waals surface area contributed by atoms with Gasteiger partial charge in [-0.15, -0.1) is 0 Å². The molecule has 5 heteroatoms. The van der Waals surface area contributed by atoms with Gasteiger partial charge in [0.1, 0.15) is 17.6 Å². The molecular formula is C15H12ClFN2O. The highest BCUT2D eigenvalue weighted by Crippen LogP contribution is 2.19. The summed E-state index contributed by atoms with van der Waals surface area (Å²) in [5.41, 5.74) is 1.62. The highest BCUT2D eigenvalue weighted by molar-refractivity contribution is 6.30. The summed E-state index contributed by atoms with van der Waals surface area (Å²) in [6.45, 7) is 0.474. The molecule has 0 fully saturated rings. The van der Waals surface area contributed by atoms with Crippen LogP contribution in [0.25, 0.3) is 0 Å². The Morgan fingerprint density at radius 1 is 1.25 bits per heavy atom. The lowest BCUT2D eigenvalue weighted by molar-refractivity contribution is 0.368. The van der Waals surface area contributed by atoms with Crippen LogP contribution >= 0.6 is 11.6 Å². The van der Waals surface area contributed by atoms with Crippen LogP contribution in [0.15, 0.2) is 42.5 Å². The van der Waals surface area contributed by atoms with E-state index >= 15 is 0 Å². The Balaban J connectivity index is 1.99. The molecule has 20 heavy (non-hydrogen) atoms. The van der Waals surface area contributed by atoms with Crippen molar-refractivity contribution < 1.29 is 9.13 Å².